The molecule has 0 saturated carbocycles. The van der Waals surface area contributed by atoms with Crippen molar-refractivity contribution < 1.29 is 0 Å². The number of allylic oxidation sites excluding steroid dienone is 1. The Labute approximate surface area is 102 Å². The van der Waals surface area contributed by atoms with E-state index in [2.05, 4.69) is 36.3 Å². The fourth-order valence-corrected chi connectivity index (χ4v) is 2.09. The van der Waals surface area contributed by atoms with Crippen molar-refractivity contribution in [3.8, 4) is 0 Å². The van der Waals surface area contributed by atoms with E-state index < -0.39 is 0 Å². The third kappa shape index (κ3) is 2.56. The average molecular weight is 229 g/mol. The monoisotopic (exact) mass is 229 g/mol. The number of hydrogen-bond donors (Lipinski definition) is 1. The van der Waals surface area contributed by atoms with Crippen LogP contribution in [0.3, 0.4) is 0 Å². The van der Waals surface area contributed by atoms with E-state index in [-0.39, 0.29) is 0 Å². The molecular formula is C14H19N3. The van der Waals surface area contributed by atoms with Crippen LogP contribution in [0.15, 0.2) is 35.9 Å². The lowest BCUT2D eigenvalue weighted by molar-refractivity contribution is 0.772. The van der Waals surface area contributed by atoms with Crippen LogP contribution in [-0.2, 0) is 13.5 Å². The molecule has 2 rings (SSSR count). The van der Waals surface area contributed by atoms with Gasteiger partial charge < -0.3 is 5.73 Å². The molecule has 0 atom stereocenters. The number of benzene rings is 1. The van der Waals surface area contributed by atoms with Gasteiger partial charge in [0.15, 0.2) is 0 Å². The number of aromatic nitrogens is 2. The Hall–Kier alpha value is -1.61. The Morgan fingerprint density at radius 2 is 2.18 bits per heavy atom. The third-order valence-corrected chi connectivity index (χ3v) is 2.94. The second-order valence-electron chi connectivity index (χ2n) is 4.39. The SMILES string of the molecule is CC(=CCCN)Cc1nn(C)c2ccccc12. The molecule has 0 aliphatic rings. The molecule has 1 heterocycles. The number of nitrogens with zero attached hydrogens (tertiary/aromatic N) is 2. The fraction of sp³-hybridized carbons (Fsp3) is 0.357. The predicted octanol–water partition coefficient (Wildman–Crippen LogP) is 2.41. The lowest BCUT2D eigenvalue weighted by atomic mass is 10.1. The molecule has 0 fully saturated rings. The molecule has 3 heteroatoms. The summed E-state index contributed by atoms with van der Waals surface area (Å²) in [7, 11) is 1.99. The van der Waals surface area contributed by atoms with Gasteiger partial charge in [0.05, 0.1) is 11.2 Å². The number of nitrogens with two attached hydrogens (primary N) is 1. The standard InChI is InChI=1S/C14H19N3/c1-11(6-5-9-15)10-13-12-7-3-4-8-14(12)17(2)16-13/h3-4,6-8H,5,9-10,15H2,1-2H3. The molecule has 1 aromatic carbocycles. The molecule has 0 bridgehead atoms. The molecule has 0 radical (unpaired) electrons. The van der Waals surface area contributed by atoms with Crippen molar-refractivity contribution in [1.29, 1.82) is 0 Å². The van der Waals surface area contributed by atoms with E-state index >= 15 is 0 Å². The Balaban J connectivity index is 2.30. The van der Waals surface area contributed by atoms with Crippen LogP contribution in [0.1, 0.15) is 19.0 Å². The lowest BCUT2D eigenvalue weighted by Crippen LogP contribution is -1.97. The maximum atomic E-state index is 5.50. The van der Waals surface area contributed by atoms with Crippen molar-refractivity contribution in [2.45, 2.75) is 19.8 Å². The van der Waals surface area contributed by atoms with Crippen molar-refractivity contribution in [1.82, 2.24) is 9.78 Å². The number of hydrogen-bond acceptors (Lipinski definition) is 2. The summed E-state index contributed by atoms with van der Waals surface area (Å²) in [5.74, 6) is 0. The van der Waals surface area contributed by atoms with Crippen LogP contribution in [0.2, 0.25) is 0 Å². The van der Waals surface area contributed by atoms with Crippen LogP contribution in [0.4, 0.5) is 0 Å². The second-order valence-corrected chi connectivity index (χ2v) is 4.39. The van der Waals surface area contributed by atoms with Gasteiger partial charge in [0.2, 0.25) is 0 Å². The number of rotatable bonds is 4. The van der Waals surface area contributed by atoms with Gasteiger partial charge in [-0.2, -0.15) is 5.10 Å². The highest BCUT2D eigenvalue weighted by Gasteiger charge is 2.07. The summed E-state index contributed by atoms with van der Waals surface area (Å²) in [6.45, 7) is 2.85. The van der Waals surface area contributed by atoms with Crippen molar-refractivity contribution in [2.75, 3.05) is 6.54 Å². The van der Waals surface area contributed by atoms with Gasteiger partial charge in [-0.3, -0.25) is 4.68 Å². The topological polar surface area (TPSA) is 43.8 Å². The summed E-state index contributed by atoms with van der Waals surface area (Å²) >= 11 is 0. The van der Waals surface area contributed by atoms with E-state index in [0.717, 1.165) is 18.5 Å². The summed E-state index contributed by atoms with van der Waals surface area (Å²) in [6.07, 6.45) is 4.04. The van der Waals surface area contributed by atoms with Crippen molar-refractivity contribution >= 4 is 10.9 Å². The van der Waals surface area contributed by atoms with E-state index in [1.54, 1.807) is 0 Å². The maximum absolute atomic E-state index is 5.50. The van der Waals surface area contributed by atoms with Crippen LogP contribution in [0.25, 0.3) is 10.9 Å². The Kier molecular flexibility index (Phi) is 3.59. The first kappa shape index (κ1) is 11.9. The minimum Gasteiger partial charge on any atom is -0.330 e. The zero-order valence-corrected chi connectivity index (χ0v) is 10.5. The van der Waals surface area contributed by atoms with Crippen molar-refractivity contribution in [3.05, 3.63) is 41.6 Å². The van der Waals surface area contributed by atoms with E-state index in [1.807, 2.05) is 17.8 Å². The molecule has 0 amide bonds. The molecule has 0 aliphatic carbocycles. The van der Waals surface area contributed by atoms with Crippen molar-refractivity contribution in [2.24, 2.45) is 12.8 Å². The Morgan fingerprint density at radius 1 is 1.41 bits per heavy atom. The quantitative estimate of drug-likeness (QED) is 0.818. The van der Waals surface area contributed by atoms with Crippen LogP contribution in [0, 0.1) is 0 Å². The molecular weight excluding hydrogens is 210 g/mol. The van der Waals surface area contributed by atoms with Crippen LogP contribution < -0.4 is 5.73 Å². The molecule has 2 aromatic rings. The zero-order valence-electron chi connectivity index (χ0n) is 10.5. The number of para-hydroxylation sites is 1. The van der Waals surface area contributed by atoms with Gasteiger partial charge in [-0.1, -0.05) is 29.8 Å². The maximum Gasteiger partial charge on any atom is 0.0743 e. The lowest BCUT2D eigenvalue weighted by Gasteiger charge is -1.98. The summed E-state index contributed by atoms with van der Waals surface area (Å²) < 4.78 is 1.95. The van der Waals surface area contributed by atoms with Crippen LogP contribution in [0.5, 0.6) is 0 Å². The summed E-state index contributed by atoms with van der Waals surface area (Å²) in [6, 6.07) is 8.34. The number of fused-ring (bicyclic) bond motifs is 1. The highest BCUT2D eigenvalue weighted by Crippen LogP contribution is 2.19. The molecule has 17 heavy (non-hydrogen) atoms. The molecule has 3 nitrogen and oxygen atoms in total. The normalized spacial score (nSPS) is 12.3. The van der Waals surface area contributed by atoms with Crippen LogP contribution in [-0.4, -0.2) is 16.3 Å². The molecule has 90 valence electrons. The highest BCUT2D eigenvalue weighted by molar-refractivity contribution is 5.82. The van der Waals surface area contributed by atoms with Crippen LogP contribution >= 0.6 is 0 Å². The van der Waals surface area contributed by atoms with Gasteiger partial charge in [0, 0.05) is 18.9 Å². The molecule has 0 saturated heterocycles. The van der Waals surface area contributed by atoms with Gasteiger partial charge in [-0.15, -0.1) is 0 Å². The third-order valence-electron chi connectivity index (χ3n) is 2.94. The Bertz CT molecular complexity index is 537. The van der Waals surface area contributed by atoms with Gasteiger partial charge in [-0.05, 0) is 26.0 Å². The van der Waals surface area contributed by atoms with E-state index in [4.69, 9.17) is 5.73 Å². The molecule has 0 unspecified atom stereocenters. The summed E-state index contributed by atoms with van der Waals surface area (Å²) in [5.41, 5.74) is 9.17. The van der Waals surface area contributed by atoms with E-state index in [9.17, 15) is 0 Å². The zero-order chi connectivity index (χ0) is 12.3. The van der Waals surface area contributed by atoms with E-state index in [1.165, 1.54) is 16.5 Å². The first-order valence-corrected chi connectivity index (χ1v) is 5.98. The summed E-state index contributed by atoms with van der Waals surface area (Å²) in [4.78, 5) is 0. The molecule has 2 N–H and O–H groups in total. The van der Waals surface area contributed by atoms with Gasteiger partial charge in [0.1, 0.15) is 0 Å². The summed E-state index contributed by atoms with van der Waals surface area (Å²) in [5, 5.41) is 5.83. The smallest absolute Gasteiger partial charge is 0.0743 e. The second kappa shape index (κ2) is 5.15. The fourth-order valence-electron chi connectivity index (χ4n) is 2.09. The predicted molar refractivity (Wildman–Crippen MR) is 71.8 cm³/mol. The highest BCUT2D eigenvalue weighted by atomic mass is 15.3. The van der Waals surface area contributed by atoms with Crippen molar-refractivity contribution in [3.63, 3.8) is 0 Å². The van der Waals surface area contributed by atoms with Gasteiger partial charge in [-0.25, -0.2) is 0 Å². The van der Waals surface area contributed by atoms with Gasteiger partial charge in [0.25, 0.3) is 0 Å². The van der Waals surface area contributed by atoms with E-state index in [0.29, 0.717) is 6.54 Å². The first-order valence-electron chi connectivity index (χ1n) is 5.98. The van der Waals surface area contributed by atoms with Gasteiger partial charge >= 0.3 is 0 Å². The first-order chi connectivity index (χ1) is 8.22. The molecule has 1 aromatic heterocycles. The number of aryl methyl sites for hydroxylation is 1. The average Bonchev–Trinajstić information content (AvgIpc) is 2.65. The minimum absolute atomic E-state index is 0.709. The largest absolute Gasteiger partial charge is 0.330 e. The molecule has 0 spiro atoms. The molecule has 0 aliphatic heterocycles. The Morgan fingerprint density at radius 3 is 2.94 bits per heavy atom. The minimum atomic E-state index is 0.709.